The zero-order valence-corrected chi connectivity index (χ0v) is 41.2. The molecule has 5 unspecified atom stereocenters. The molecule has 5 atom stereocenters. The number of thiol groups is 5. The summed E-state index contributed by atoms with van der Waals surface area (Å²) < 4.78 is 30.5. The molecule has 56 heavy (non-hydrogen) atoms. The molecule has 0 aliphatic heterocycles. The van der Waals surface area contributed by atoms with E-state index in [-0.39, 0.29) is 65.4 Å². The highest BCUT2D eigenvalue weighted by Gasteiger charge is 2.02. The fraction of sp³-hybridized carbons (Fsp3) is 1.00. The third-order valence-electron chi connectivity index (χ3n) is 6.44. The second-order valence-corrected chi connectivity index (χ2v) is 16.6. The van der Waals surface area contributed by atoms with E-state index in [0.29, 0.717) is 39.6 Å². The minimum atomic E-state index is -0.0348. The summed E-state index contributed by atoms with van der Waals surface area (Å²) in [4.78, 5) is 0. The van der Waals surface area contributed by atoms with Crippen LogP contribution in [0.15, 0.2) is 0 Å². The van der Waals surface area contributed by atoms with Crippen LogP contribution in [0.3, 0.4) is 0 Å². The van der Waals surface area contributed by atoms with E-state index in [4.69, 9.17) is 49.2 Å². The summed E-state index contributed by atoms with van der Waals surface area (Å²) in [5.74, 6) is 0. The summed E-state index contributed by atoms with van der Waals surface area (Å²) in [6, 6.07) is 0. The van der Waals surface area contributed by atoms with Gasteiger partial charge in [-0.15, -0.1) is 0 Å². The molecule has 0 aromatic rings. The van der Waals surface area contributed by atoms with E-state index in [0.717, 1.165) is 39.3 Å². The molecule has 0 heterocycles. The fourth-order valence-corrected chi connectivity index (χ4v) is 3.73. The Balaban J connectivity index is -0.000000136. The average Bonchev–Trinajstić information content (AvgIpc) is 3.21. The van der Waals surface area contributed by atoms with Crippen molar-refractivity contribution in [2.24, 2.45) is 0 Å². The first-order valence-electron chi connectivity index (χ1n) is 20.7. The van der Waals surface area contributed by atoms with Gasteiger partial charge in [0, 0.05) is 66.4 Å². The Hall–Kier alpha value is 1.31. The second kappa shape index (κ2) is 65.4. The van der Waals surface area contributed by atoms with Crippen LogP contribution in [0.2, 0.25) is 0 Å². The van der Waals surface area contributed by atoms with E-state index in [1.165, 1.54) is 57.8 Å². The summed E-state index contributed by atoms with van der Waals surface area (Å²) in [6.07, 6.45) is 13.9. The minimum Gasteiger partial charge on any atom is -0.395 e. The first kappa shape index (κ1) is 69.0. The molecule has 0 spiro atoms. The van der Waals surface area contributed by atoms with Crippen LogP contribution in [0.4, 0.5) is 0 Å². The van der Waals surface area contributed by atoms with Crippen LogP contribution >= 0.6 is 63.1 Å². The molecule has 0 saturated heterocycles. The monoisotopic (exact) mass is 909 g/mol. The normalized spacial score (nSPS) is 13.1. The van der Waals surface area contributed by atoms with E-state index in [9.17, 15) is 0 Å². The standard InChI is InChI=1S/C11H24O2S.C8H18O.2C6H14O2S.C5H12O2S.C4H10O2S/c1-2-3-4-5-6-7-8-13-10-11(14)9-12;1-3-5-7-9-8-6-4-2;1-5(2)8-4-6(9)3-7;1-2-3-8-5-6(9)4-7;1-2-7-4-5(8)3-6;1-6-3-4(7)2-5/h11-12,14H,2-10H2,1H3;3-8H2,1-2H3;5-7,9H,3-4H2,1-2H3;6-7,9H,2-5H2,1H3;5-6,8H,2-4H2,1H3;4-5,7H,2-3H2,1H3. The third-order valence-corrected chi connectivity index (χ3v) is 8.01. The van der Waals surface area contributed by atoms with E-state index >= 15 is 0 Å². The molecular weight excluding hydrogens is 817 g/mol. The Kier molecular flexibility index (Phi) is 80.6. The van der Waals surface area contributed by atoms with E-state index in [1.54, 1.807) is 7.11 Å². The predicted octanol–water partition coefficient (Wildman–Crippen LogP) is 6.90. The van der Waals surface area contributed by atoms with Crippen molar-refractivity contribution in [3.8, 4) is 0 Å². The summed E-state index contributed by atoms with van der Waals surface area (Å²) in [7, 11) is 1.58. The molecule has 0 aromatic carbocycles. The van der Waals surface area contributed by atoms with Gasteiger partial charge in [-0.1, -0.05) is 72.6 Å². The maximum atomic E-state index is 8.68. The number of hydrogen-bond acceptors (Lipinski definition) is 16. The number of aliphatic hydroxyl groups excluding tert-OH is 5. The summed E-state index contributed by atoms with van der Waals surface area (Å²) in [5, 5.41) is 42.2. The largest absolute Gasteiger partial charge is 0.395 e. The topological polar surface area (TPSA) is 157 Å². The Labute approximate surface area is 372 Å². The van der Waals surface area contributed by atoms with E-state index in [2.05, 4.69) is 88.7 Å². The predicted molar refractivity (Wildman–Crippen MR) is 255 cm³/mol. The van der Waals surface area contributed by atoms with E-state index in [1.807, 2.05) is 27.7 Å². The van der Waals surface area contributed by atoms with Crippen molar-refractivity contribution in [3.05, 3.63) is 0 Å². The quantitative estimate of drug-likeness (QED) is 0.0253. The molecule has 5 N–H and O–H groups in total. The lowest BCUT2D eigenvalue weighted by molar-refractivity contribution is 0.0712. The number of hydrogen-bond donors (Lipinski definition) is 10. The SMILES string of the molecule is CC(C)OCC(S)CO.CCCCCCCCOCC(S)CO.CCCCOCCCC.CCCOCC(S)CO.CCOCC(S)CO.COCC(S)CO. The highest BCUT2D eigenvalue weighted by atomic mass is 32.1. The molecule has 0 saturated carbocycles. The molecular formula is C40H92O11S5. The van der Waals surface area contributed by atoms with Gasteiger partial charge >= 0.3 is 0 Å². The second-order valence-electron chi connectivity index (χ2n) is 12.9. The molecule has 0 amide bonds. The van der Waals surface area contributed by atoms with Gasteiger partial charge in [-0.3, -0.25) is 0 Å². The summed E-state index contributed by atoms with van der Waals surface area (Å²) >= 11 is 20.1. The van der Waals surface area contributed by atoms with Gasteiger partial charge in [0.05, 0.1) is 72.2 Å². The Morgan fingerprint density at radius 2 is 0.750 bits per heavy atom. The zero-order chi connectivity index (χ0) is 44.1. The Morgan fingerprint density at radius 1 is 0.393 bits per heavy atom. The van der Waals surface area contributed by atoms with Gasteiger partial charge in [0.25, 0.3) is 0 Å². The minimum absolute atomic E-state index is 0.0171. The lowest BCUT2D eigenvalue weighted by Crippen LogP contribution is -2.16. The average molecular weight is 910 g/mol. The van der Waals surface area contributed by atoms with Crippen LogP contribution in [0.25, 0.3) is 0 Å². The number of rotatable bonds is 32. The number of methoxy groups -OCH3 is 1. The lowest BCUT2D eigenvalue weighted by atomic mass is 10.1. The molecule has 0 bridgehead atoms. The summed E-state index contributed by atoms with van der Waals surface area (Å²) in [6.45, 7) is 21.8. The number of unbranched alkanes of at least 4 members (excludes halogenated alkanes) is 7. The van der Waals surface area contributed by atoms with Crippen molar-refractivity contribution in [3.63, 3.8) is 0 Å². The Morgan fingerprint density at radius 3 is 1.11 bits per heavy atom. The van der Waals surface area contributed by atoms with Crippen molar-refractivity contribution < 1.29 is 54.0 Å². The van der Waals surface area contributed by atoms with Crippen molar-refractivity contribution in [2.45, 2.75) is 151 Å². The zero-order valence-electron chi connectivity index (χ0n) is 36.8. The van der Waals surface area contributed by atoms with Crippen molar-refractivity contribution in [1.82, 2.24) is 0 Å². The molecule has 0 radical (unpaired) electrons. The number of ether oxygens (including phenoxy) is 6. The number of aliphatic hydroxyl groups is 5. The van der Waals surface area contributed by atoms with Crippen molar-refractivity contribution in [1.29, 1.82) is 0 Å². The van der Waals surface area contributed by atoms with Crippen LogP contribution in [-0.2, 0) is 28.4 Å². The van der Waals surface area contributed by atoms with Gasteiger partial charge in [0.2, 0.25) is 0 Å². The van der Waals surface area contributed by atoms with Gasteiger partial charge in [-0.25, -0.2) is 0 Å². The van der Waals surface area contributed by atoms with Crippen LogP contribution in [0, 0.1) is 0 Å². The van der Waals surface area contributed by atoms with Crippen LogP contribution < -0.4 is 0 Å². The molecule has 11 nitrogen and oxygen atoms in total. The first-order chi connectivity index (χ1) is 26.8. The van der Waals surface area contributed by atoms with Crippen LogP contribution in [-0.4, -0.2) is 164 Å². The maximum Gasteiger partial charge on any atom is 0.0608 e. The highest BCUT2D eigenvalue weighted by Crippen LogP contribution is 2.05. The maximum absolute atomic E-state index is 8.68. The van der Waals surface area contributed by atoms with Gasteiger partial charge in [-0.05, 0) is 46.5 Å². The van der Waals surface area contributed by atoms with E-state index < -0.39 is 0 Å². The molecule has 0 aliphatic carbocycles. The van der Waals surface area contributed by atoms with Crippen LogP contribution in [0.5, 0.6) is 0 Å². The highest BCUT2D eigenvalue weighted by molar-refractivity contribution is 7.81. The fourth-order valence-electron chi connectivity index (χ4n) is 3.18. The van der Waals surface area contributed by atoms with Gasteiger partial charge in [0.1, 0.15) is 0 Å². The molecule has 0 aliphatic rings. The van der Waals surface area contributed by atoms with Crippen molar-refractivity contribution in [2.75, 3.05) is 106 Å². The van der Waals surface area contributed by atoms with Gasteiger partial charge in [0.15, 0.2) is 0 Å². The first-order valence-corrected chi connectivity index (χ1v) is 23.3. The lowest BCUT2D eigenvalue weighted by Gasteiger charge is -2.10. The third kappa shape index (κ3) is 83.1. The smallest absolute Gasteiger partial charge is 0.0608 e. The molecule has 348 valence electrons. The molecule has 16 heteroatoms. The summed E-state index contributed by atoms with van der Waals surface area (Å²) in [5.41, 5.74) is 0. The molecule has 0 rings (SSSR count). The van der Waals surface area contributed by atoms with Gasteiger partial charge < -0.3 is 54.0 Å². The Bertz CT molecular complexity index is 619. The van der Waals surface area contributed by atoms with Crippen molar-refractivity contribution >= 4 is 63.1 Å². The molecule has 0 aromatic heterocycles. The van der Waals surface area contributed by atoms with Gasteiger partial charge in [-0.2, -0.15) is 63.1 Å². The van der Waals surface area contributed by atoms with Crippen LogP contribution in [0.1, 0.15) is 119 Å². The molecule has 0 fully saturated rings.